The molecule has 0 aliphatic carbocycles. The summed E-state index contributed by atoms with van der Waals surface area (Å²) in [5, 5.41) is 0. The average molecular weight is 278 g/mol. The van der Waals surface area contributed by atoms with E-state index in [4.69, 9.17) is 10.5 Å². The van der Waals surface area contributed by atoms with Crippen LogP contribution in [-0.2, 0) is 0 Å². The summed E-state index contributed by atoms with van der Waals surface area (Å²) in [6.07, 6.45) is 2.18. The molecule has 0 aliphatic heterocycles. The molecule has 20 heavy (non-hydrogen) atoms. The number of hydrogen-bond acceptors (Lipinski definition) is 3. The first-order valence-electron chi connectivity index (χ1n) is 7.82. The van der Waals surface area contributed by atoms with Crippen molar-refractivity contribution in [1.82, 2.24) is 4.90 Å². The Kier molecular flexibility index (Phi) is 7.63. The van der Waals surface area contributed by atoms with Crippen LogP contribution in [0.4, 0.5) is 0 Å². The molecule has 3 nitrogen and oxygen atoms in total. The van der Waals surface area contributed by atoms with Gasteiger partial charge in [-0.15, -0.1) is 0 Å². The van der Waals surface area contributed by atoms with Crippen molar-refractivity contribution in [3.05, 3.63) is 29.8 Å². The van der Waals surface area contributed by atoms with Crippen molar-refractivity contribution in [3.63, 3.8) is 0 Å². The molecule has 0 spiro atoms. The summed E-state index contributed by atoms with van der Waals surface area (Å²) in [7, 11) is 0. The lowest BCUT2D eigenvalue weighted by molar-refractivity contribution is 0.157. The molecule has 0 bridgehead atoms. The van der Waals surface area contributed by atoms with E-state index in [2.05, 4.69) is 56.9 Å². The van der Waals surface area contributed by atoms with Crippen LogP contribution in [0.5, 0.6) is 5.75 Å². The summed E-state index contributed by atoms with van der Waals surface area (Å²) in [4.78, 5) is 2.47. The minimum Gasteiger partial charge on any atom is -0.494 e. The Hall–Kier alpha value is -1.06. The van der Waals surface area contributed by atoms with E-state index in [9.17, 15) is 0 Å². The van der Waals surface area contributed by atoms with Gasteiger partial charge in [-0.25, -0.2) is 0 Å². The van der Waals surface area contributed by atoms with Crippen molar-refractivity contribution in [2.45, 2.75) is 52.6 Å². The second kappa shape index (κ2) is 8.98. The number of rotatable bonds is 9. The fourth-order valence-corrected chi connectivity index (χ4v) is 2.50. The van der Waals surface area contributed by atoms with E-state index in [-0.39, 0.29) is 6.04 Å². The van der Waals surface area contributed by atoms with Gasteiger partial charge in [-0.3, -0.25) is 4.90 Å². The minimum atomic E-state index is 0.287. The zero-order valence-corrected chi connectivity index (χ0v) is 13.4. The molecule has 0 fully saturated rings. The molecule has 1 rings (SSSR count). The molecule has 1 atom stereocenters. The standard InChI is InChI=1S/C17H30N2O/c1-5-11-19(14(3)4)17(13-18)15-7-9-16(10-8-15)20-12-6-2/h7-10,14,17H,5-6,11-13,18H2,1-4H3. The van der Waals surface area contributed by atoms with Gasteiger partial charge in [0.1, 0.15) is 5.75 Å². The molecule has 0 saturated heterocycles. The molecule has 2 N–H and O–H groups in total. The van der Waals surface area contributed by atoms with E-state index >= 15 is 0 Å². The van der Waals surface area contributed by atoms with Crippen LogP contribution in [0, 0.1) is 0 Å². The van der Waals surface area contributed by atoms with Gasteiger partial charge in [-0.05, 0) is 50.9 Å². The molecule has 1 unspecified atom stereocenters. The van der Waals surface area contributed by atoms with Crippen LogP contribution < -0.4 is 10.5 Å². The average Bonchev–Trinajstić information content (AvgIpc) is 2.46. The highest BCUT2D eigenvalue weighted by Gasteiger charge is 2.20. The van der Waals surface area contributed by atoms with Gasteiger partial charge in [0.2, 0.25) is 0 Å². The van der Waals surface area contributed by atoms with Crippen molar-refractivity contribution in [3.8, 4) is 5.75 Å². The highest BCUT2D eigenvalue weighted by Crippen LogP contribution is 2.24. The van der Waals surface area contributed by atoms with Crippen molar-refractivity contribution in [2.75, 3.05) is 19.7 Å². The van der Waals surface area contributed by atoms with Crippen LogP contribution in [0.3, 0.4) is 0 Å². The molecule has 114 valence electrons. The summed E-state index contributed by atoms with van der Waals surface area (Å²) in [5.74, 6) is 0.943. The van der Waals surface area contributed by atoms with Crippen LogP contribution >= 0.6 is 0 Å². The van der Waals surface area contributed by atoms with E-state index in [0.717, 1.165) is 31.7 Å². The summed E-state index contributed by atoms with van der Waals surface area (Å²) >= 11 is 0. The molecule has 3 heteroatoms. The minimum absolute atomic E-state index is 0.287. The third-order valence-electron chi connectivity index (χ3n) is 3.51. The Morgan fingerprint density at radius 3 is 2.20 bits per heavy atom. The van der Waals surface area contributed by atoms with Crippen LogP contribution in [0.25, 0.3) is 0 Å². The molecule has 0 aromatic heterocycles. The maximum Gasteiger partial charge on any atom is 0.119 e. The lowest BCUT2D eigenvalue weighted by Crippen LogP contribution is -2.39. The SMILES string of the molecule is CCCOc1ccc(C(CN)N(CCC)C(C)C)cc1. The van der Waals surface area contributed by atoms with Gasteiger partial charge >= 0.3 is 0 Å². The second-order valence-electron chi connectivity index (χ2n) is 5.50. The maximum absolute atomic E-state index is 6.02. The predicted molar refractivity (Wildman–Crippen MR) is 86.2 cm³/mol. The van der Waals surface area contributed by atoms with Gasteiger partial charge in [-0.2, -0.15) is 0 Å². The first-order chi connectivity index (χ1) is 9.63. The fourth-order valence-electron chi connectivity index (χ4n) is 2.50. The maximum atomic E-state index is 6.02. The summed E-state index contributed by atoms with van der Waals surface area (Å²) < 4.78 is 5.63. The van der Waals surface area contributed by atoms with Gasteiger partial charge < -0.3 is 10.5 Å². The number of ether oxygens (including phenoxy) is 1. The molecule has 1 aromatic rings. The quantitative estimate of drug-likeness (QED) is 0.750. The van der Waals surface area contributed by atoms with Gasteiger partial charge in [0, 0.05) is 18.6 Å². The number of hydrogen-bond donors (Lipinski definition) is 1. The van der Waals surface area contributed by atoms with Crippen molar-refractivity contribution >= 4 is 0 Å². The zero-order chi connectivity index (χ0) is 15.0. The molecule has 1 aromatic carbocycles. The van der Waals surface area contributed by atoms with E-state index in [1.165, 1.54) is 5.56 Å². The molecule has 0 radical (unpaired) electrons. The van der Waals surface area contributed by atoms with Gasteiger partial charge in [0.05, 0.1) is 6.61 Å². The first-order valence-corrected chi connectivity index (χ1v) is 7.82. The smallest absolute Gasteiger partial charge is 0.119 e. The van der Waals surface area contributed by atoms with Gasteiger partial charge in [-0.1, -0.05) is 26.0 Å². The van der Waals surface area contributed by atoms with E-state index < -0.39 is 0 Å². The molecule has 0 aliphatic rings. The Morgan fingerprint density at radius 2 is 1.75 bits per heavy atom. The number of nitrogens with zero attached hydrogens (tertiary/aromatic N) is 1. The summed E-state index contributed by atoms with van der Waals surface area (Å²) in [5.41, 5.74) is 7.30. The third kappa shape index (κ3) is 4.80. The number of nitrogens with two attached hydrogens (primary N) is 1. The third-order valence-corrected chi connectivity index (χ3v) is 3.51. The molecule has 0 amide bonds. The number of benzene rings is 1. The summed E-state index contributed by atoms with van der Waals surface area (Å²) in [6.45, 7) is 11.3. The van der Waals surface area contributed by atoms with E-state index in [1.54, 1.807) is 0 Å². The molecular weight excluding hydrogens is 248 g/mol. The monoisotopic (exact) mass is 278 g/mol. The largest absolute Gasteiger partial charge is 0.494 e. The van der Waals surface area contributed by atoms with Crippen LogP contribution in [0.15, 0.2) is 24.3 Å². The topological polar surface area (TPSA) is 38.5 Å². The van der Waals surface area contributed by atoms with Crippen molar-refractivity contribution < 1.29 is 4.74 Å². The fraction of sp³-hybridized carbons (Fsp3) is 0.647. The second-order valence-corrected chi connectivity index (χ2v) is 5.50. The Balaban J connectivity index is 2.82. The van der Waals surface area contributed by atoms with Crippen LogP contribution in [0.1, 0.15) is 52.1 Å². The van der Waals surface area contributed by atoms with Gasteiger partial charge in [0.25, 0.3) is 0 Å². The Morgan fingerprint density at radius 1 is 1.10 bits per heavy atom. The Bertz CT molecular complexity index is 362. The predicted octanol–water partition coefficient (Wildman–Crippen LogP) is 3.60. The van der Waals surface area contributed by atoms with Crippen LogP contribution in [-0.4, -0.2) is 30.6 Å². The molecular formula is C17H30N2O. The van der Waals surface area contributed by atoms with Gasteiger partial charge in [0.15, 0.2) is 0 Å². The van der Waals surface area contributed by atoms with Crippen molar-refractivity contribution in [1.29, 1.82) is 0 Å². The Labute approximate surface area is 124 Å². The van der Waals surface area contributed by atoms with E-state index in [0.29, 0.717) is 12.6 Å². The first kappa shape index (κ1) is 17.0. The zero-order valence-electron chi connectivity index (χ0n) is 13.4. The normalized spacial score (nSPS) is 12.9. The van der Waals surface area contributed by atoms with E-state index in [1.807, 2.05) is 0 Å². The summed E-state index contributed by atoms with van der Waals surface area (Å²) in [6, 6.07) is 9.19. The highest BCUT2D eigenvalue weighted by atomic mass is 16.5. The lowest BCUT2D eigenvalue weighted by Gasteiger charge is -2.34. The molecule has 0 saturated carbocycles. The highest BCUT2D eigenvalue weighted by molar-refractivity contribution is 5.29. The van der Waals surface area contributed by atoms with Crippen molar-refractivity contribution in [2.24, 2.45) is 5.73 Å². The van der Waals surface area contributed by atoms with Crippen LogP contribution in [0.2, 0.25) is 0 Å². The lowest BCUT2D eigenvalue weighted by atomic mass is 10.0. The molecule has 0 heterocycles.